The Kier molecular flexibility index (Phi) is 7.53. The molecule has 2 aromatic rings. The van der Waals surface area contributed by atoms with E-state index in [0.29, 0.717) is 12.1 Å². The Bertz CT molecular complexity index is 883. The minimum atomic E-state index is -0.650. The zero-order valence-electron chi connectivity index (χ0n) is 17.3. The minimum Gasteiger partial charge on any atom is -0.496 e. The number of carbonyl (C=O) groups excluding carboxylic acids is 3. The fourth-order valence-corrected chi connectivity index (χ4v) is 2.57. The lowest BCUT2D eigenvalue weighted by atomic mass is 9.91. The van der Waals surface area contributed by atoms with Crippen LogP contribution in [0.2, 0.25) is 0 Å². The third-order valence-electron chi connectivity index (χ3n) is 4.41. The van der Waals surface area contributed by atoms with Crippen LogP contribution in [-0.2, 0) is 20.7 Å². The summed E-state index contributed by atoms with van der Waals surface area (Å²) >= 11 is 0. The van der Waals surface area contributed by atoms with Crippen LogP contribution in [0.4, 0.5) is 5.69 Å². The van der Waals surface area contributed by atoms with E-state index in [2.05, 4.69) is 5.32 Å². The number of aryl methyl sites for hydroxylation is 1. The van der Waals surface area contributed by atoms with E-state index in [1.807, 2.05) is 24.3 Å². The van der Waals surface area contributed by atoms with Crippen LogP contribution in [0.3, 0.4) is 0 Å². The molecule has 1 N–H and O–H groups in total. The van der Waals surface area contributed by atoms with Crippen LogP contribution in [0, 0.1) is 5.41 Å². The molecule has 2 rings (SSSR count). The fraction of sp³-hybridized carbons (Fsp3) is 0.348. The zero-order chi connectivity index (χ0) is 21.4. The lowest BCUT2D eigenvalue weighted by Gasteiger charge is -2.16. The number of rotatable bonds is 8. The van der Waals surface area contributed by atoms with Crippen LogP contribution in [0.5, 0.6) is 5.75 Å². The molecule has 2 aromatic carbocycles. The van der Waals surface area contributed by atoms with E-state index in [1.165, 1.54) is 0 Å². The van der Waals surface area contributed by atoms with Gasteiger partial charge in [0, 0.05) is 11.8 Å². The summed E-state index contributed by atoms with van der Waals surface area (Å²) in [5, 5.41) is 2.75. The Morgan fingerprint density at radius 2 is 1.62 bits per heavy atom. The number of ketones is 1. The van der Waals surface area contributed by atoms with Crippen molar-refractivity contribution in [3.63, 3.8) is 0 Å². The average Bonchev–Trinajstić information content (AvgIpc) is 2.70. The highest BCUT2D eigenvalue weighted by Gasteiger charge is 2.23. The van der Waals surface area contributed by atoms with E-state index in [9.17, 15) is 14.4 Å². The molecule has 0 radical (unpaired) electrons. The lowest BCUT2D eigenvalue weighted by Crippen LogP contribution is -2.26. The summed E-state index contributed by atoms with van der Waals surface area (Å²) in [6.45, 7) is 4.98. The van der Waals surface area contributed by atoms with E-state index in [1.54, 1.807) is 52.1 Å². The van der Waals surface area contributed by atoms with E-state index >= 15 is 0 Å². The van der Waals surface area contributed by atoms with Gasteiger partial charge in [-0.3, -0.25) is 9.59 Å². The van der Waals surface area contributed by atoms with Gasteiger partial charge in [-0.1, -0.05) is 51.1 Å². The highest BCUT2D eigenvalue weighted by molar-refractivity contribution is 6.02. The average molecular weight is 397 g/mol. The Morgan fingerprint density at radius 3 is 2.31 bits per heavy atom. The first-order valence-electron chi connectivity index (χ1n) is 9.43. The highest BCUT2D eigenvalue weighted by Crippen LogP contribution is 2.21. The molecule has 154 valence electrons. The Hall–Kier alpha value is -3.15. The van der Waals surface area contributed by atoms with E-state index < -0.39 is 11.4 Å². The number of carbonyl (C=O) groups is 3. The van der Waals surface area contributed by atoms with Crippen LogP contribution >= 0.6 is 0 Å². The van der Waals surface area contributed by atoms with Crippen molar-refractivity contribution in [3.05, 3.63) is 59.7 Å². The van der Waals surface area contributed by atoms with E-state index in [-0.39, 0.29) is 30.3 Å². The van der Waals surface area contributed by atoms with Crippen LogP contribution in [0.25, 0.3) is 0 Å². The molecule has 0 saturated carbocycles. The number of Topliss-reactive ketones (excluding diaryl/α,β-unsaturated/α-hetero) is 1. The summed E-state index contributed by atoms with van der Waals surface area (Å²) in [5.41, 5.74) is 0.899. The van der Waals surface area contributed by atoms with Crippen molar-refractivity contribution in [1.29, 1.82) is 0 Å². The van der Waals surface area contributed by atoms with Crippen LogP contribution in [-0.4, -0.2) is 31.4 Å². The summed E-state index contributed by atoms with van der Waals surface area (Å²) in [7, 11) is 1.59. The fourth-order valence-electron chi connectivity index (χ4n) is 2.57. The topological polar surface area (TPSA) is 81.7 Å². The SMILES string of the molecule is COc1ccccc1CCC(=O)Nc1ccccc1C(=O)OCC(=O)C(C)(C)C. The number of esters is 1. The standard InChI is InChI=1S/C23H27NO5/c1-23(2,3)20(25)15-29-22(27)17-10-6-7-11-18(17)24-21(26)14-13-16-9-5-8-12-19(16)28-4/h5-12H,13-15H2,1-4H3,(H,24,26). The monoisotopic (exact) mass is 397 g/mol. The van der Waals surface area contributed by atoms with Gasteiger partial charge in [-0.2, -0.15) is 0 Å². The smallest absolute Gasteiger partial charge is 0.340 e. The van der Waals surface area contributed by atoms with Gasteiger partial charge in [0.05, 0.1) is 18.4 Å². The summed E-state index contributed by atoms with van der Waals surface area (Å²) in [6.07, 6.45) is 0.731. The van der Waals surface area contributed by atoms with Gasteiger partial charge < -0.3 is 14.8 Å². The predicted molar refractivity (Wildman–Crippen MR) is 111 cm³/mol. The Balaban J connectivity index is 2.00. The van der Waals surface area contributed by atoms with E-state index in [4.69, 9.17) is 9.47 Å². The van der Waals surface area contributed by atoms with Gasteiger partial charge in [0.2, 0.25) is 5.91 Å². The summed E-state index contributed by atoms with van der Waals surface area (Å²) < 4.78 is 10.4. The Labute approximate surface area is 171 Å². The van der Waals surface area contributed by atoms with Gasteiger partial charge in [-0.05, 0) is 30.2 Å². The van der Waals surface area contributed by atoms with Gasteiger partial charge in [-0.15, -0.1) is 0 Å². The van der Waals surface area contributed by atoms with Crippen LogP contribution in [0.15, 0.2) is 48.5 Å². The van der Waals surface area contributed by atoms with Crippen molar-refractivity contribution in [3.8, 4) is 5.75 Å². The van der Waals surface area contributed by atoms with Gasteiger partial charge in [0.25, 0.3) is 0 Å². The van der Waals surface area contributed by atoms with Crippen molar-refractivity contribution >= 4 is 23.3 Å². The van der Waals surface area contributed by atoms with Crippen molar-refractivity contribution < 1.29 is 23.9 Å². The molecule has 0 aliphatic heterocycles. The Morgan fingerprint density at radius 1 is 0.966 bits per heavy atom. The van der Waals surface area contributed by atoms with Crippen molar-refractivity contribution in [1.82, 2.24) is 0 Å². The second kappa shape index (κ2) is 9.87. The molecule has 1 amide bonds. The van der Waals surface area contributed by atoms with Crippen molar-refractivity contribution in [2.24, 2.45) is 5.41 Å². The molecule has 6 nitrogen and oxygen atoms in total. The van der Waals surface area contributed by atoms with Crippen LogP contribution < -0.4 is 10.1 Å². The molecule has 0 aromatic heterocycles. The molecule has 0 unspecified atom stereocenters. The molecular weight excluding hydrogens is 370 g/mol. The molecule has 0 atom stereocenters. The second-order valence-corrected chi connectivity index (χ2v) is 7.65. The van der Waals surface area contributed by atoms with E-state index in [0.717, 1.165) is 11.3 Å². The van der Waals surface area contributed by atoms with Gasteiger partial charge in [-0.25, -0.2) is 4.79 Å². The molecule has 0 spiro atoms. The highest BCUT2D eigenvalue weighted by atomic mass is 16.5. The number of hydrogen-bond acceptors (Lipinski definition) is 5. The van der Waals surface area contributed by atoms with Crippen molar-refractivity contribution in [2.75, 3.05) is 19.0 Å². The number of hydrogen-bond donors (Lipinski definition) is 1. The third-order valence-corrected chi connectivity index (χ3v) is 4.41. The maximum absolute atomic E-state index is 12.4. The maximum atomic E-state index is 12.4. The third kappa shape index (κ3) is 6.45. The molecule has 29 heavy (non-hydrogen) atoms. The second-order valence-electron chi connectivity index (χ2n) is 7.65. The minimum absolute atomic E-state index is 0.177. The van der Waals surface area contributed by atoms with Gasteiger partial charge >= 0.3 is 5.97 Å². The van der Waals surface area contributed by atoms with Gasteiger partial charge in [0.15, 0.2) is 12.4 Å². The number of para-hydroxylation sites is 2. The summed E-state index contributed by atoms with van der Waals surface area (Å²) in [5.74, 6) is -0.331. The largest absolute Gasteiger partial charge is 0.496 e. The number of nitrogens with one attached hydrogen (secondary N) is 1. The van der Waals surface area contributed by atoms with Gasteiger partial charge in [0.1, 0.15) is 5.75 Å². The molecular formula is C23H27NO5. The molecule has 0 bridgehead atoms. The normalized spacial score (nSPS) is 10.9. The first-order valence-corrected chi connectivity index (χ1v) is 9.43. The zero-order valence-corrected chi connectivity index (χ0v) is 17.3. The number of benzene rings is 2. The number of anilines is 1. The number of methoxy groups -OCH3 is 1. The predicted octanol–water partition coefficient (Wildman–Crippen LogP) is 4.04. The molecule has 6 heteroatoms. The number of amides is 1. The quantitative estimate of drug-likeness (QED) is 0.680. The first-order chi connectivity index (χ1) is 13.7. The lowest BCUT2D eigenvalue weighted by molar-refractivity contribution is -0.129. The molecule has 0 heterocycles. The molecule has 0 fully saturated rings. The summed E-state index contributed by atoms with van der Waals surface area (Å²) in [4.78, 5) is 36.8. The molecule has 0 aliphatic carbocycles. The first kappa shape index (κ1) is 22.1. The summed E-state index contributed by atoms with van der Waals surface area (Å²) in [6, 6.07) is 14.1. The number of ether oxygens (including phenoxy) is 2. The molecule has 0 saturated heterocycles. The maximum Gasteiger partial charge on any atom is 0.340 e. The van der Waals surface area contributed by atoms with Crippen LogP contribution in [0.1, 0.15) is 43.1 Å². The molecule has 0 aliphatic rings. The van der Waals surface area contributed by atoms with Crippen molar-refractivity contribution in [2.45, 2.75) is 33.6 Å².